The van der Waals surface area contributed by atoms with Crippen molar-refractivity contribution in [2.75, 3.05) is 5.32 Å². The Kier molecular flexibility index (Phi) is 6.28. The molecule has 3 heterocycles. The molecule has 5 rings (SSSR count). The third-order valence-corrected chi connectivity index (χ3v) is 8.58. The van der Waals surface area contributed by atoms with E-state index in [2.05, 4.69) is 31.4 Å². The summed E-state index contributed by atoms with van der Waals surface area (Å²) in [5, 5.41) is 7.54. The zero-order valence-electron chi connectivity index (χ0n) is 20.2. The van der Waals surface area contributed by atoms with Crippen LogP contribution >= 0.6 is 11.3 Å². The highest BCUT2D eigenvalue weighted by atomic mass is 32.1. The SMILES string of the molecule is CCC(C)(C)[C@H]1CCc2c(sc3c2C(=O)N[C@@H](c2cccc(OC(=O)/C=C/c4ccco4)c2)N3)C1. The molecule has 0 fully saturated rings. The van der Waals surface area contributed by atoms with Gasteiger partial charge >= 0.3 is 5.97 Å². The van der Waals surface area contributed by atoms with Crippen LogP contribution in [0.15, 0.2) is 53.2 Å². The largest absolute Gasteiger partial charge is 0.465 e. The number of rotatable bonds is 6. The molecule has 1 amide bonds. The predicted molar refractivity (Wildman–Crippen MR) is 138 cm³/mol. The number of thiophene rings is 1. The Bertz CT molecular complexity index is 1270. The third kappa shape index (κ3) is 4.78. The van der Waals surface area contributed by atoms with Gasteiger partial charge in [0, 0.05) is 11.0 Å². The molecule has 1 aliphatic heterocycles. The quantitative estimate of drug-likeness (QED) is 0.239. The summed E-state index contributed by atoms with van der Waals surface area (Å²) >= 11 is 1.72. The summed E-state index contributed by atoms with van der Waals surface area (Å²) in [5.41, 5.74) is 3.13. The molecule has 7 heteroatoms. The number of hydrogen-bond acceptors (Lipinski definition) is 6. The molecule has 35 heavy (non-hydrogen) atoms. The van der Waals surface area contributed by atoms with Gasteiger partial charge in [0.25, 0.3) is 5.91 Å². The van der Waals surface area contributed by atoms with Crippen molar-refractivity contribution in [2.24, 2.45) is 11.3 Å². The number of fused-ring (bicyclic) bond motifs is 3. The number of carbonyl (C=O) groups is 2. The van der Waals surface area contributed by atoms with Crippen LogP contribution in [-0.4, -0.2) is 11.9 Å². The molecule has 2 atom stereocenters. The van der Waals surface area contributed by atoms with Crippen LogP contribution in [0.25, 0.3) is 6.08 Å². The van der Waals surface area contributed by atoms with Gasteiger partial charge in [-0.3, -0.25) is 4.79 Å². The number of hydrogen-bond donors (Lipinski definition) is 2. The minimum absolute atomic E-state index is 0.0433. The summed E-state index contributed by atoms with van der Waals surface area (Å²) in [5.74, 6) is 1.07. The number of amides is 1. The molecular formula is C28H30N2O4S. The second-order valence-electron chi connectivity index (χ2n) is 9.88. The van der Waals surface area contributed by atoms with E-state index in [4.69, 9.17) is 9.15 Å². The van der Waals surface area contributed by atoms with Crippen molar-refractivity contribution in [1.82, 2.24) is 5.32 Å². The summed E-state index contributed by atoms with van der Waals surface area (Å²) in [6.07, 6.45) is 8.28. The van der Waals surface area contributed by atoms with Crippen molar-refractivity contribution in [3.8, 4) is 5.75 Å². The van der Waals surface area contributed by atoms with Crippen LogP contribution in [0.2, 0.25) is 0 Å². The monoisotopic (exact) mass is 490 g/mol. The highest BCUT2D eigenvalue weighted by molar-refractivity contribution is 7.16. The van der Waals surface area contributed by atoms with Gasteiger partial charge in [0.2, 0.25) is 0 Å². The van der Waals surface area contributed by atoms with Crippen LogP contribution in [0.5, 0.6) is 5.75 Å². The van der Waals surface area contributed by atoms with Crippen LogP contribution < -0.4 is 15.4 Å². The molecule has 0 spiro atoms. The summed E-state index contributed by atoms with van der Waals surface area (Å²) < 4.78 is 10.6. The van der Waals surface area contributed by atoms with E-state index in [0.717, 1.165) is 41.8 Å². The van der Waals surface area contributed by atoms with Crippen molar-refractivity contribution >= 4 is 34.3 Å². The fraction of sp³-hybridized carbons (Fsp3) is 0.357. The lowest BCUT2D eigenvalue weighted by Gasteiger charge is -2.36. The Hall–Kier alpha value is -3.32. The van der Waals surface area contributed by atoms with Crippen LogP contribution in [0.3, 0.4) is 0 Å². The maximum Gasteiger partial charge on any atom is 0.336 e. The van der Waals surface area contributed by atoms with E-state index in [1.165, 1.54) is 16.5 Å². The molecule has 0 saturated carbocycles. The summed E-state index contributed by atoms with van der Waals surface area (Å²) in [4.78, 5) is 26.7. The summed E-state index contributed by atoms with van der Waals surface area (Å²) in [6, 6.07) is 10.7. The zero-order valence-corrected chi connectivity index (χ0v) is 21.0. The number of esters is 1. The van der Waals surface area contributed by atoms with E-state index in [1.807, 2.05) is 12.1 Å². The minimum Gasteiger partial charge on any atom is -0.465 e. The maximum absolute atomic E-state index is 13.1. The van der Waals surface area contributed by atoms with Gasteiger partial charge in [0.15, 0.2) is 0 Å². The molecule has 0 radical (unpaired) electrons. The van der Waals surface area contributed by atoms with Crippen molar-refractivity contribution in [2.45, 2.75) is 52.6 Å². The van der Waals surface area contributed by atoms with Crippen LogP contribution in [0, 0.1) is 11.3 Å². The van der Waals surface area contributed by atoms with Gasteiger partial charge in [-0.15, -0.1) is 11.3 Å². The van der Waals surface area contributed by atoms with E-state index in [9.17, 15) is 9.59 Å². The number of nitrogens with one attached hydrogen (secondary N) is 2. The van der Waals surface area contributed by atoms with Crippen LogP contribution in [0.4, 0.5) is 5.00 Å². The standard InChI is InChI=1S/C28H30N2O4S/c1-4-28(2,3)18-10-12-21-22(16-18)35-27-24(21)26(32)29-25(30-27)17-7-5-8-20(15-17)34-23(31)13-11-19-9-6-14-33-19/h5-9,11,13-15,18,25,30H,4,10,12,16H2,1-3H3,(H,29,32)/b13-11+/t18-,25+/m0/s1. The van der Waals surface area contributed by atoms with Gasteiger partial charge in [-0.05, 0) is 72.1 Å². The van der Waals surface area contributed by atoms with Crippen molar-refractivity contribution in [1.29, 1.82) is 0 Å². The molecule has 0 bridgehead atoms. The van der Waals surface area contributed by atoms with E-state index in [-0.39, 0.29) is 5.91 Å². The van der Waals surface area contributed by atoms with Crippen LogP contribution in [-0.2, 0) is 17.6 Å². The van der Waals surface area contributed by atoms with Gasteiger partial charge < -0.3 is 19.8 Å². The normalized spacial score (nSPS) is 19.6. The molecule has 1 aromatic carbocycles. The summed E-state index contributed by atoms with van der Waals surface area (Å²) in [7, 11) is 0. The fourth-order valence-electron chi connectivity index (χ4n) is 4.86. The van der Waals surface area contributed by atoms with Crippen molar-refractivity contribution < 1.29 is 18.7 Å². The highest BCUT2D eigenvalue weighted by Gasteiger charge is 2.37. The first-order valence-corrected chi connectivity index (χ1v) is 12.9. The first kappa shape index (κ1) is 23.4. The number of ether oxygens (including phenoxy) is 1. The maximum atomic E-state index is 13.1. The van der Waals surface area contributed by atoms with E-state index in [0.29, 0.717) is 22.8 Å². The van der Waals surface area contributed by atoms with Gasteiger partial charge in [0.1, 0.15) is 22.7 Å². The molecule has 1 aliphatic carbocycles. The van der Waals surface area contributed by atoms with E-state index in [1.54, 1.807) is 47.9 Å². The lowest BCUT2D eigenvalue weighted by Crippen LogP contribution is -2.38. The average molecular weight is 491 g/mol. The van der Waals surface area contributed by atoms with Crippen LogP contribution in [0.1, 0.15) is 71.9 Å². The molecule has 0 saturated heterocycles. The number of furan rings is 1. The first-order valence-electron chi connectivity index (χ1n) is 12.1. The Labute approximate surface area is 209 Å². The molecule has 2 N–H and O–H groups in total. The predicted octanol–water partition coefficient (Wildman–Crippen LogP) is 6.36. The molecule has 0 unspecified atom stereocenters. The fourth-order valence-corrected chi connectivity index (χ4v) is 6.22. The zero-order chi connectivity index (χ0) is 24.6. The molecule has 2 aliphatic rings. The highest BCUT2D eigenvalue weighted by Crippen LogP contribution is 2.47. The lowest BCUT2D eigenvalue weighted by molar-refractivity contribution is -0.128. The average Bonchev–Trinajstić information content (AvgIpc) is 3.50. The molecular weight excluding hydrogens is 460 g/mol. The molecule has 3 aromatic rings. The van der Waals surface area contributed by atoms with Gasteiger partial charge in [0.05, 0.1) is 11.8 Å². The van der Waals surface area contributed by atoms with E-state index < -0.39 is 12.1 Å². The number of carbonyl (C=O) groups excluding carboxylic acids is 2. The third-order valence-electron chi connectivity index (χ3n) is 7.40. The Morgan fingerprint density at radius 2 is 2.11 bits per heavy atom. The van der Waals surface area contributed by atoms with Gasteiger partial charge in [-0.25, -0.2) is 4.79 Å². The Balaban J connectivity index is 1.31. The van der Waals surface area contributed by atoms with Crippen molar-refractivity contribution in [3.63, 3.8) is 0 Å². The lowest BCUT2D eigenvalue weighted by atomic mass is 9.69. The van der Waals surface area contributed by atoms with Crippen molar-refractivity contribution in [3.05, 3.63) is 76.1 Å². The van der Waals surface area contributed by atoms with Gasteiger partial charge in [-0.1, -0.05) is 39.3 Å². The van der Waals surface area contributed by atoms with Gasteiger partial charge in [-0.2, -0.15) is 0 Å². The second-order valence-corrected chi connectivity index (χ2v) is 11.0. The Morgan fingerprint density at radius 1 is 1.26 bits per heavy atom. The van der Waals surface area contributed by atoms with E-state index >= 15 is 0 Å². The summed E-state index contributed by atoms with van der Waals surface area (Å²) in [6.45, 7) is 6.96. The number of anilines is 1. The molecule has 2 aromatic heterocycles. The second kappa shape index (κ2) is 9.38. The topological polar surface area (TPSA) is 80.6 Å². The number of benzene rings is 1. The Morgan fingerprint density at radius 3 is 2.89 bits per heavy atom. The molecule has 6 nitrogen and oxygen atoms in total. The first-order chi connectivity index (χ1) is 16.8. The molecule has 182 valence electrons. The smallest absolute Gasteiger partial charge is 0.336 e. The minimum atomic E-state index is -0.503.